The minimum atomic E-state index is 0.127. The molecule has 2 rings (SSSR count). The van der Waals surface area contributed by atoms with Crippen LogP contribution in [0.1, 0.15) is 24.4 Å². The molecule has 1 aromatic heterocycles. The summed E-state index contributed by atoms with van der Waals surface area (Å²) in [5.74, 6) is 0. The predicted octanol–water partition coefficient (Wildman–Crippen LogP) is 3.65. The van der Waals surface area contributed by atoms with Gasteiger partial charge in [0.25, 0.3) is 0 Å². The summed E-state index contributed by atoms with van der Waals surface area (Å²) in [6.45, 7) is 7.15. The van der Waals surface area contributed by atoms with E-state index in [-0.39, 0.29) is 5.41 Å². The van der Waals surface area contributed by atoms with Gasteiger partial charge in [-0.15, -0.1) is 11.3 Å². The molecule has 0 atom stereocenters. The van der Waals surface area contributed by atoms with Gasteiger partial charge in [0.2, 0.25) is 0 Å². The van der Waals surface area contributed by atoms with Crippen molar-refractivity contribution >= 4 is 11.3 Å². The lowest BCUT2D eigenvalue weighted by Crippen LogP contribution is -2.25. The van der Waals surface area contributed by atoms with Crippen molar-refractivity contribution in [3.63, 3.8) is 0 Å². The highest BCUT2D eigenvalue weighted by Crippen LogP contribution is 2.27. The molecule has 1 heterocycles. The van der Waals surface area contributed by atoms with Crippen molar-refractivity contribution in [2.45, 2.75) is 27.2 Å². The smallest absolute Gasteiger partial charge is 0.0938 e. The van der Waals surface area contributed by atoms with Crippen LogP contribution in [0.3, 0.4) is 0 Å². The molecular weight excluding hydrogens is 240 g/mol. The molecular formula is C15H20N2S. The molecule has 0 unspecified atom stereocenters. The molecule has 1 aromatic carbocycles. The molecule has 0 aliphatic carbocycles. The lowest BCUT2D eigenvalue weighted by atomic mass is 9.90. The molecule has 0 radical (unpaired) electrons. The van der Waals surface area contributed by atoms with Crippen LogP contribution in [0.15, 0.2) is 29.6 Å². The second kappa shape index (κ2) is 5.21. The van der Waals surface area contributed by atoms with Gasteiger partial charge in [0.1, 0.15) is 0 Å². The van der Waals surface area contributed by atoms with Crippen LogP contribution in [0.4, 0.5) is 0 Å². The fourth-order valence-corrected chi connectivity index (χ4v) is 2.87. The van der Waals surface area contributed by atoms with E-state index in [2.05, 4.69) is 50.4 Å². The SMILES string of the molecule is Cc1cccc(-c2csc(CC(C)(C)CN)n2)c1. The number of hydrogen-bond donors (Lipinski definition) is 1. The molecule has 2 nitrogen and oxygen atoms in total. The topological polar surface area (TPSA) is 38.9 Å². The highest BCUT2D eigenvalue weighted by atomic mass is 32.1. The van der Waals surface area contributed by atoms with Crippen molar-refractivity contribution in [3.8, 4) is 11.3 Å². The van der Waals surface area contributed by atoms with Gasteiger partial charge in [-0.25, -0.2) is 4.98 Å². The van der Waals surface area contributed by atoms with E-state index >= 15 is 0 Å². The number of benzene rings is 1. The average Bonchev–Trinajstić information content (AvgIpc) is 2.77. The third-order valence-electron chi connectivity index (χ3n) is 3.05. The Balaban J connectivity index is 2.21. The number of thiazole rings is 1. The summed E-state index contributed by atoms with van der Waals surface area (Å²) in [6, 6.07) is 8.47. The van der Waals surface area contributed by atoms with Gasteiger partial charge >= 0.3 is 0 Å². The number of aromatic nitrogens is 1. The molecule has 0 aliphatic heterocycles. The van der Waals surface area contributed by atoms with E-state index in [4.69, 9.17) is 10.7 Å². The van der Waals surface area contributed by atoms with Gasteiger partial charge in [-0.1, -0.05) is 37.6 Å². The minimum Gasteiger partial charge on any atom is -0.330 e. The first kappa shape index (κ1) is 13.2. The number of hydrogen-bond acceptors (Lipinski definition) is 3. The Morgan fingerprint density at radius 1 is 1.33 bits per heavy atom. The van der Waals surface area contributed by atoms with Crippen molar-refractivity contribution in [3.05, 3.63) is 40.2 Å². The average molecular weight is 260 g/mol. The van der Waals surface area contributed by atoms with Crippen LogP contribution in [-0.2, 0) is 6.42 Å². The molecule has 0 aliphatic rings. The monoisotopic (exact) mass is 260 g/mol. The van der Waals surface area contributed by atoms with Gasteiger partial charge in [0.05, 0.1) is 10.7 Å². The third-order valence-corrected chi connectivity index (χ3v) is 3.90. The summed E-state index contributed by atoms with van der Waals surface area (Å²) >= 11 is 1.73. The normalized spacial score (nSPS) is 11.8. The number of rotatable bonds is 4. The van der Waals surface area contributed by atoms with Gasteiger partial charge in [0.15, 0.2) is 0 Å². The molecule has 96 valence electrons. The first-order valence-electron chi connectivity index (χ1n) is 6.22. The zero-order chi connectivity index (χ0) is 13.2. The number of aryl methyl sites for hydroxylation is 1. The second-order valence-electron chi connectivity index (χ2n) is 5.54. The standard InChI is InChI=1S/C15H20N2S/c1-11-5-4-6-12(7-11)13-9-18-14(17-13)8-15(2,3)10-16/h4-7,9H,8,10,16H2,1-3H3. The molecule has 2 aromatic rings. The molecule has 3 heteroatoms. The first-order chi connectivity index (χ1) is 8.50. The van der Waals surface area contributed by atoms with E-state index in [1.54, 1.807) is 11.3 Å². The van der Waals surface area contributed by atoms with Crippen molar-refractivity contribution in [2.75, 3.05) is 6.54 Å². The van der Waals surface area contributed by atoms with Gasteiger partial charge < -0.3 is 5.73 Å². The van der Waals surface area contributed by atoms with Gasteiger partial charge in [0, 0.05) is 17.4 Å². The minimum absolute atomic E-state index is 0.127. The largest absolute Gasteiger partial charge is 0.330 e. The molecule has 0 saturated heterocycles. The van der Waals surface area contributed by atoms with Crippen LogP contribution in [0.5, 0.6) is 0 Å². The first-order valence-corrected chi connectivity index (χ1v) is 7.10. The maximum absolute atomic E-state index is 5.77. The lowest BCUT2D eigenvalue weighted by molar-refractivity contribution is 0.376. The van der Waals surface area contributed by atoms with Crippen LogP contribution in [0.25, 0.3) is 11.3 Å². The Labute approximate surface area is 113 Å². The summed E-state index contributed by atoms with van der Waals surface area (Å²) in [6.07, 6.45) is 0.944. The van der Waals surface area contributed by atoms with Gasteiger partial charge in [-0.05, 0) is 24.9 Å². The Morgan fingerprint density at radius 2 is 2.11 bits per heavy atom. The molecule has 0 saturated carbocycles. The number of nitrogens with two attached hydrogens (primary N) is 1. The molecule has 0 spiro atoms. The Kier molecular flexibility index (Phi) is 3.83. The van der Waals surface area contributed by atoms with Crippen molar-refractivity contribution in [1.82, 2.24) is 4.98 Å². The van der Waals surface area contributed by atoms with Crippen molar-refractivity contribution < 1.29 is 0 Å². The maximum atomic E-state index is 5.77. The van der Waals surface area contributed by atoms with E-state index in [1.165, 1.54) is 16.1 Å². The summed E-state index contributed by atoms with van der Waals surface area (Å²) in [5, 5.41) is 3.30. The Bertz CT molecular complexity index is 529. The quantitative estimate of drug-likeness (QED) is 0.911. The molecule has 18 heavy (non-hydrogen) atoms. The third kappa shape index (κ3) is 3.18. The van der Waals surface area contributed by atoms with E-state index in [1.807, 2.05) is 0 Å². The number of nitrogens with zero attached hydrogens (tertiary/aromatic N) is 1. The maximum Gasteiger partial charge on any atom is 0.0938 e. The molecule has 0 bridgehead atoms. The predicted molar refractivity (Wildman–Crippen MR) is 78.8 cm³/mol. The summed E-state index contributed by atoms with van der Waals surface area (Å²) in [4.78, 5) is 4.72. The van der Waals surface area contributed by atoms with Crippen molar-refractivity contribution in [2.24, 2.45) is 11.1 Å². The summed E-state index contributed by atoms with van der Waals surface area (Å²) < 4.78 is 0. The molecule has 0 amide bonds. The van der Waals surface area contributed by atoms with E-state index in [9.17, 15) is 0 Å². The summed E-state index contributed by atoms with van der Waals surface area (Å²) in [7, 11) is 0. The zero-order valence-electron chi connectivity index (χ0n) is 11.2. The Hall–Kier alpha value is -1.19. The van der Waals surface area contributed by atoms with Gasteiger partial charge in [-0.3, -0.25) is 0 Å². The van der Waals surface area contributed by atoms with Crippen LogP contribution >= 0.6 is 11.3 Å². The van der Waals surface area contributed by atoms with E-state index < -0.39 is 0 Å². The lowest BCUT2D eigenvalue weighted by Gasteiger charge is -2.20. The Morgan fingerprint density at radius 3 is 2.78 bits per heavy atom. The van der Waals surface area contributed by atoms with Crippen molar-refractivity contribution in [1.29, 1.82) is 0 Å². The fraction of sp³-hybridized carbons (Fsp3) is 0.400. The zero-order valence-corrected chi connectivity index (χ0v) is 12.1. The van der Waals surface area contributed by atoms with E-state index in [0.717, 1.165) is 12.1 Å². The van der Waals surface area contributed by atoms with Crippen LogP contribution in [0, 0.1) is 12.3 Å². The molecule has 2 N–H and O–H groups in total. The van der Waals surface area contributed by atoms with Gasteiger partial charge in [-0.2, -0.15) is 0 Å². The highest BCUT2D eigenvalue weighted by Gasteiger charge is 2.18. The van der Waals surface area contributed by atoms with Crippen LogP contribution in [0.2, 0.25) is 0 Å². The second-order valence-corrected chi connectivity index (χ2v) is 6.48. The van der Waals surface area contributed by atoms with Crippen LogP contribution in [-0.4, -0.2) is 11.5 Å². The van der Waals surface area contributed by atoms with Crippen LogP contribution < -0.4 is 5.73 Å². The summed E-state index contributed by atoms with van der Waals surface area (Å²) in [5.41, 5.74) is 9.44. The van der Waals surface area contributed by atoms with E-state index in [0.29, 0.717) is 6.54 Å². The highest BCUT2D eigenvalue weighted by molar-refractivity contribution is 7.09. The fourth-order valence-electron chi connectivity index (χ4n) is 1.81. The molecule has 0 fully saturated rings.